The van der Waals surface area contributed by atoms with Gasteiger partial charge < -0.3 is 5.11 Å². The number of aliphatic hydroxyl groups excluding tert-OH is 1. The molecule has 88 valence electrons. The van der Waals surface area contributed by atoms with Gasteiger partial charge in [0.2, 0.25) is 0 Å². The van der Waals surface area contributed by atoms with Gasteiger partial charge in [0.05, 0.1) is 0 Å². The maximum absolute atomic E-state index is 10.3. The second kappa shape index (κ2) is 4.63. The number of pyridine rings is 2. The molecular formula is C14H16N2O. The first-order valence-corrected chi connectivity index (χ1v) is 5.61. The first-order valence-electron chi connectivity index (χ1n) is 5.61. The Labute approximate surface area is 101 Å². The Morgan fingerprint density at radius 3 is 2.18 bits per heavy atom. The van der Waals surface area contributed by atoms with Crippen molar-refractivity contribution in [3.05, 3.63) is 58.7 Å². The molecule has 0 saturated heterocycles. The van der Waals surface area contributed by atoms with Gasteiger partial charge in [-0.05, 0) is 44.0 Å². The summed E-state index contributed by atoms with van der Waals surface area (Å²) in [4.78, 5) is 8.40. The van der Waals surface area contributed by atoms with E-state index in [9.17, 15) is 5.11 Å². The molecule has 2 heterocycles. The van der Waals surface area contributed by atoms with Gasteiger partial charge in [-0.15, -0.1) is 0 Å². The number of nitrogens with zero attached hydrogens (tertiary/aromatic N) is 2. The minimum atomic E-state index is -0.636. The lowest BCUT2D eigenvalue weighted by atomic mass is 10.0. The van der Waals surface area contributed by atoms with Crippen molar-refractivity contribution in [3.8, 4) is 0 Å². The van der Waals surface area contributed by atoms with Gasteiger partial charge >= 0.3 is 0 Å². The van der Waals surface area contributed by atoms with Crippen molar-refractivity contribution >= 4 is 0 Å². The van der Waals surface area contributed by atoms with Crippen molar-refractivity contribution in [2.24, 2.45) is 0 Å². The van der Waals surface area contributed by atoms with Crippen LogP contribution in [0.2, 0.25) is 0 Å². The third-order valence-electron chi connectivity index (χ3n) is 2.63. The Bertz CT molecular complexity index is 517. The summed E-state index contributed by atoms with van der Waals surface area (Å²) in [6.07, 6.45) is 2.84. The summed E-state index contributed by atoms with van der Waals surface area (Å²) >= 11 is 0. The minimum absolute atomic E-state index is 0.636. The quantitative estimate of drug-likeness (QED) is 0.859. The number of aryl methyl sites for hydroxylation is 3. The molecule has 3 heteroatoms. The molecule has 1 atom stereocenters. The third kappa shape index (κ3) is 2.68. The van der Waals surface area contributed by atoms with Crippen LogP contribution < -0.4 is 0 Å². The van der Waals surface area contributed by atoms with Gasteiger partial charge in [-0.2, -0.15) is 0 Å². The van der Waals surface area contributed by atoms with Gasteiger partial charge in [-0.1, -0.05) is 6.07 Å². The minimum Gasteiger partial charge on any atom is -0.384 e. The highest BCUT2D eigenvalue weighted by atomic mass is 16.3. The van der Waals surface area contributed by atoms with Crippen molar-refractivity contribution < 1.29 is 5.11 Å². The molecule has 1 unspecified atom stereocenters. The van der Waals surface area contributed by atoms with Gasteiger partial charge in [0.25, 0.3) is 0 Å². The fraction of sp³-hybridized carbons (Fsp3) is 0.286. The molecule has 0 aliphatic rings. The second-order valence-corrected chi connectivity index (χ2v) is 4.38. The maximum Gasteiger partial charge on any atom is 0.106 e. The van der Waals surface area contributed by atoms with Crippen molar-refractivity contribution in [3.63, 3.8) is 0 Å². The Morgan fingerprint density at radius 1 is 0.941 bits per heavy atom. The van der Waals surface area contributed by atoms with Gasteiger partial charge in [-0.25, -0.2) is 0 Å². The van der Waals surface area contributed by atoms with E-state index < -0.39 is 6.10 Å². The van der Waals surface area contributed by atoms with Gasteiger partial charge in [0.15, 0.2) is 0 Å². The van der Waals surface area contributed by atoms with E-state index in [1.807, 2.05) is 39.0 Å². The molecular weight excluding hydrogens is 212 g/mol. The average molecular weight is 228 g/mol. The predicted molar refractivity (Wildman–Crippen MR) is 66.7 cm³/mol. The molecule has 0 amide bonds. The van der Waals surface area contributed by atoms with Gasteiger partial charge in [-0.3, -0.25) is 9.97 Å². The van der Waals surface area contributed by atoms with Crippen LogP contribution in [-0.2, 0) is 0 Å². The first-order chi connectivity index (χ1) is 8.06. The molecule has 0 aliphatic heterocycles. The molecule has 3 nitrogen and oxygen atoms in total. The van der Waals surface area contributed by atoms with Crippen LogP contribution in [0.1, 0.15) is 34.2 Å². The summed E-state index contributed by atoms with van der Waals surface area (Å²) in [5, 5.41) is 10.3. The van der Waals surface area contributed by atoms with Crippen LogP contribution in [0, 0.1) is 20.8 Å². The smallest absolute Gasteiger partial charge is 0.106 e. The molecule has 2 rings (SSSR count). The summed E-state index contributed by atoms with van der Waals surface area (Å²) in [7, 11) is 0. The van der Waals surface area contributed by atoms with Crippen molar-refractivity contribution in [2.45, 2.75) is 26.9 Å². The molecule has 1 N–H and O–H groups in total. The van der Waals surface area contributed by atoms with E-state index in [2.05, 4.69) is 9.97 Å². The highest BCUT2D eigenvalue weighted by molar-refractivity contribution is 5.31. The normalized spacial score (nSPS) is 12.5. The standard InChI is InChI=1S/C14H16N2O/c1-9-4-13(8-15-7-9)14(17)12-5-10(2)16-11(3)6-12/h4-8,14,17H,1-3H3. The van der Waals surface area contributed by atoms with Gasteiger partial charge in [0.1, 0.15) is 6.10 Å². The fourth-order valence-corrected chi connectivity index (χ4v) is 1.94. The number of hydrogen-bond donors (Lipinski definition) is 1. The Balaban J connectivity index is 2.39. The highest BCUT2D eigenvalue weighted by Crippen LogP contribution is 2.22. The number of aliphatic hydroxyl groups is 1. The van der Waals surface area contributed by atoms with Crippen molar-refractivity contribution in [1.82, 2.24) is 9.97 Å². The molecule has 0 aromatic carbocycles. The number of rotatable bonds is 2. The molecule has 0 bridgehead atoms. The first kappa shape index (κ1) is 11.7. The molecule has 17 heavy (non-hydrogen) atoms. The third-order valence-corrected chi connectivity index (χ3v) is 2.63. The van der Waals surface area contributed by atoms with E-state index in [1.54, 1.807) is 12.4 Å². The molecule has 0 spiro atoms. The topological polar surface area (TPSA) is 46.0 Å². The van der Waals surface area contributed by atoms with Crippen LogP contribution >= 0.6 is 0 Å². The fourth-order valence-electron chi connectivity index (χ4n) is 1.94. The van der Waals surface area contributed by atoms with Crippen LogP contribution in [-0.4, -0.2) is 15.1 Å². The van der Waals surface area contributed by atoms with Crippen molar-refractivity contribution in [2.75, 3.05) is 0 Å². The zero-order valence-corrected chi connectivity index (χ0v) is 10.3. The van der Waals surface area contributed by atoms with E-state index in [4.69, 9.17) is 0 Å². The van der Waals surface area contributed by atoms with E-state index in [-0.39, 0.29) is 0 Å². The molecule has 2 aromatic heterocycles. The summed E-state index contributed by atoms with van der Waals surface area (Å²) in [5.41, 5.74) is 4.56. The molecule has 0 radical (unpaired) electrons. The highest BCUT2D eigenvalue weighted by Gasteiger charge is 2.12. The molecule has 0 fully saturated rings. The summed E-state index contributed by atoms with van der Waals surface area (Å²) in [6.45, 7) is 5.82. The Hall–Kier alpha value is -1.74. The predicted octanol–water partition coefficient (Wildman–Crippen LogP) is 2.48. The lowest BCUT2D eigenvalue weighted by molar-refractivity contribution is 0.219. The maximum atomic E-state index is 10.3. The SMILES string of the molecule is Cc1cncc(C(O)c2cc(C)nc(C)c2)c1. The van der Waals surface area contributed by atoms with E-state index in [0.717, 1.165) is 28.1 Å². The Morgan fingerprint density at radius 2 is 1.59 bits per heavy atom. The van der Waals surface area contributed by atoms with E-state index >= 15 is 0 Å². The van der Waals surface area contributed by atoms with Gasteiger partial charge in [0, 0.05) is 29.3 Å². The summed E-state index contributed by atoms with van der Waals surface area (Å²) in [5.74, 6) is 0. The molecule has 0 aliphatic carbocycles. The second-order valence-electron chi connectivity index (χ2n) is 4.38. The van der Waals surface area contributed by atoms with E-state index in [1.165, 1.54) is 0 Å². The van der Waals surface area contributed by atoms with Crippen LogP contribution in [0.3, 0.4) is 0 Å². The Kier molecular flexibility index (Phi) is 3.20. The monoisotopic (exact) mass is 228 g/mol. The van der Waals surface area contributed by atoms with Crippen LogP contribution in [0.5, 0.6) is 0 Å². The lowest BCUT2D eigenvalue weighted by Gasteiger charge is -2.12. The average Bonchev–Trinajstić information content (AvgIpc) is 2.26. The van der Waals surface area contributed by atoms with Crippen LogP contribution in [0.25, 0.3) is 0 Å². The lowest BCUT2D eigenvalue weighted by Crippen LogP contribution is -2.02. The zero-order chi connectivity index (χ0) is 12.4. The molecule has 0 saturated carbocycles. The molecule has 2 aromatic rings. The number of aromatic nitrogens is 2. The van der Waals surface area contributed by atoms with Crippen LogP contribution in [0.15, 0.2) is 30.6 Å². The van der Waals surface area contributed by atoms with E-state index in [0.29, 0.717) is 0 Å². The largest absolute Gasteiger partial charge is 0.384 e. The van der Waals surface area contributed by atoms with Crippen molar-refractivity contribution in [1.29, 1.82) is 0 Å². The summed E-state index contributed by atoms with van der Waals surface area (Å²) in [6, 6.07) is 5.75. The zero-order valence-electron chi connectivity index (χ0n) is 10.3. The number of hydrogen-bond acceptors (Lipinski definition) is 3. The summed E-state index contributed by atoms with van der Waals surface area (Å²) < 4.78 is 0. The van der Waals surface area contributed by atoms with Crippen LogP contribution in [0.4, 0.5) is 0 Å².